The molecular weight excluding hydrogens is 214 g/mol. The van der Waals surface area contributed by atoms with Crippen LogP contribution in [0.4, 0.5) is 17.6 Å². The fraction of sp³-hybridized carbons (Fsp3) is 0.333. The Bertz CT molecular complexity index is 350. The summed E-state index contributed by atoms with van der Waals surface area (Å²) in [5, 5.41) is 9.18. The Morgan fingerprint density at radius 3 is 2.33 bits per heavy atom. The lowest BCUT2D eigenvalue weighted by atomic mass is 10.1. The third-order valence-corrected chi connectivity index (χ3v) is 1.86. The van der Waals surface area contributed by atoms with Crippen LogP contribution in [0.25, 0.3) is 0 Å². The molecular formula is C9H9F4NO. The van der Waals surface area contributed by atoms with Crippen LogP contribution in [0.1, 0.15) is 17.2 Å². The van der Waals surface area contributed by atoms with Crippen molar-refractivity contribution in [3.8, 4) is 0 Å². The van der Waals surface area contributed by atoms with Crippen LogP contribution in [0.3, 0.4) is 0 Å². The first-order chi connectivity index (χ1) is 6.84. The number of hydrogen-bond acceptors (Lipinski definition) is 2. The van der Waals surface area contributed by atoms with Crippen molar-refractivity contribution in [2.75, 3.05) is 6.54 Å². The Labute approximate surface area is 83.3 Å². The van der Waals surface area contributed by atoms with Crippen LogP contribution < -0.4 is 5.73 Å². The van der Waals surface area contributed by atoms with E-state index in [1.54, 1.807) is 0 Å². The van der Waals surface area contributed by atoms with Crippen molar-refractivity contribution >= 4 is 0 Å². The Balaban J connectivity index is 3.17. The summed E-state index contributed by atoms with van der Waals surface area (Å²) in [6.45, 7) is -0.263. The third kappa shape index (κ3) is 2.90. The lowest BCUT2D eigenvalue weighted by molar-refractivity contribution is -0.137. The first kappa shape index (κ1) is 11.9. The van der Waals surface area contributed by atoms with Crippen molar-refractivity contribution < 1.29 is 22.7 Å². The molecule has 15 heavy (non-hydrogen) atoms. The van der Waals surface area contributed by atoms with Gasteiger partial charge in [-0.2, -0.15) is 13.2 Å². The number of halogens is 4. The predicted octanol–water partition coefficient (Wildman–Crippen LogP) is 1.84. The molecule has 0 saturated heterocycles. The van der Waals surface area contributed by atoms with Crippen molar-refractivity contribution in [1.29, 1.82) is 0 Å². The lowest BCUT2D eigenvalue weighted by Crippen LogP contribution is -2.13. The summed E-state index contributed by atoms with van der Waals surface area (Å²) < 4.78 is 49.5. The van der Waals surface area contributed by atoms with Gasteiger partial charge < -0.3 is 10.8 Å². The highest BCUT2D eigenvalue weighted by Crippen LogP contribution is 2.31. The molecule has 0 fully saturated rings. The third-order valence-electron chi connectivity index (χ3n) is 1.86. The van der Waals surface area contributed by atoms with Gasteiger partial charge in [0, 0.05) is 6.54 Å². The molecule has 0 aliphatic carbocycles. The highest BCUT2D eigenvalue weighted by molar-refractivity contribution is 5.28. The average Bonchev–Trinajstić information content (AvgIpc) is 2.14. The van der Waals surface area contributed by atoms with E-state index in [0.717, 1.165) is 6.07 Å². The van der Waals surface area contributed by atoms with Gasteiger partial charge in [-0.15, -0.1) is 0 Å². The number of nitrogens with two attached hydrogens (primary N) is 1. The van der Waals surface area contributed by atoms with Crippen molar-refractivity contribution in [3.05, 3.63) is 35.1 Å². The fourth-order valence-electron chi connectivity index (χ4n) is 1.10. The highest BCUT2D eigenvalue weighted by atomic mass is 19.4. The summed E-state index contributed by atoms with van der Waals surface area (Å²) in [5.41, 5.74) is 3.75. The number of hydrogen-bond donors (Lipinski definition) is 2. The predicted molar refractivity (Wildman–Crippen MR) is 45.4 cm³/mol. The maximum atomic E-state index is 12.8. The topological polar surface area (TPSA) is 46.2 Å². The van der Waals surface area contributed by atoms with E-state index in [4.69, 9.17) is 5.73 Å². The molecule has 1 atom stereocenters. The van der Waals surface area contributed by atoms with E-state index in [9.17, 15) is 22.7 Å². The number of aliphatic hydroxyl groups excluding tert-OH is 1. The van der Waals surface area contributed by atoms with Gasteiger partial charge in [0.25, 0.3) is 0 Å². The van der Waals surface area contributed by atoms with Crippen LogP contribution >= 0.6 is 0 Å². The monoisotopic (exact) mass is 223 g/mol. The van der Waals surface area contributed by atoms with Crippen LogP contribution in [0.5, 0.6) is 0 Å². The van der Waals surface area contributed by atoms with Crippen LogP contribution in [-0.2, 0) is 6.18 Å². The van der Waals surface area contributed by atoms with Crippen LogP contribution in [0, 0.1) is 5.82 Å². The number of aliphatic hydroxyl groups is 1. The summed E-state index contributed by atoms with van der Waals surface area (Å²) >= 11 is 0. The second-order valence-corrected chi connectivity index (χ2v) is 3.02. The minimum atomic E-state index is -4.63. The first-order valence-corrected chi connectivity index (χ1v) is 4.10. The summed E-state index contributed by atoms with van der Waals surface area (Å²) in [4.78, 5) is 0. The van der Waals surface area contributed by atoms with Gasteiger partial charge in [0.1, 0.15) is 5.82 Å². The molecule has 0 amide bonds. The van der Waals surface area contributed by atoms with Gasteiger partial charge in [0.15, 0.2) is 0 Å². The molecule has 0 spiro atoms. The Kier molecular flexibility index (Phi) is 3.31. The lowest BCUT2D eigenvalue weighted by Gasteiger charge is -2.12. The molecule has 0 radical (unpaired) electrons. The largest absolute Gasteiger partial charge is 0.416 e. The molecule has 0 aliphatic heterocycles. The van der Waals surface area contributed by atoms with Gasteiger partial charge in [0.05, 0.1) is 11.7 Å². The van der Waals surface area contributed by atoms with E-state index in [2.05, 4.69) is 0 Å². The Hall–Kier alpha value is -1.14. The van der Waals surface area contributed by atoms with Gasteiger partial charge in [-0.05, 0) is 23.8 Å². The average molecular weight is 223 g/mol. The van der Waals surface area contributed by atoms with Crippen LogP contribution in [-0.4, -0.2) is 11.7 Å². The molecule has 2 nitrogen and oxygen atoms in total. The molecule has 0 bridgehead atoms. The fourth-order valence-corrected chi connectivity index (χ4v) is 1.10. The minimum Gasteiger partial charge on any atom is -0.387 e. The molecule has 0 saturated carbocycles. The summed E-state index contributed by atoms with van der Waals surface area (Å²) in [6, 6.07) is 1.88. The van der Waals surface area contributed by atoms with Gasteiger partial charge in [-0.3, -0.25) is 0 Å². The summed E-state index contributed by atoms with van der Waals surface area (Å²) in [6.07, 6.45) is -5.92. The van der Waals surface area contributed by atoms with Crippen LogP contribution in [0.15, 0.2) is 18.2 Å². The van der Waals surface area contributed by atoms with Crippen LogP contribution in [0.2, 0.25) is 0 Å². The normalized spacial score (nSPS) is 14.0. The minimum absolute atomic E-state index is 0.176. The van der Waals surface area contributed by atoms with E-state index in [0.29, 0.717) is 12.1 Å². The second-order valence-electron chi connectivity index (χ2n) is 3.02. The van der Waals surface area contributed by atoms with Gasteiger partial charge in [-0.1, -0.05) is 0 Å². The second kappa shape index (κ2) is 4.16. The molecule has 6 heteroatoms. The molecule has 1 aromatic carbocycles. The van der Waals surface area contributed by atoms with Crippen molar-refractivity contribution in [1.82, 2.24) is 0 Å². The molecule has 0 aliphatic rings. The van der Waals surface area contributed by atoms with E-state index < -0.39 is 23.7 Å². The molecule has 3 N–H and O–H groups in total. The van der Waals surface area contributed by atoms with Gasteiger partial charge in [-0.25, -0.2) is 4.39 Å². The van der Waals surface area contributed by atoms with Crippen molar-refractivity contribution in [2.45, 2.75) is 12.3 Å². The Morgan fingerprint density at radius 1 is 1.27 bits per heavy atom. The first-order valence-electron chi connectivity index (χ1n) is 4.10. The van der Waals surface area contributed by atoms with E-state index in [1.807, 2.05) is 0 Å². The number of alkyl halides is 3. The molecule has 0 unspecified atom stereocenters. The van der Waals surface area contributed by atoms with Crippen molar-refractivity contribution in [2.24, 2.45) is 5.73 Å². The zero-order chi connectivity index (χ0) is 11.6. The molecule has 0 heterocycles. The maximum absolute atomic E-state index is 12.8. The SMILES string of the molecule is NC[C@@H](O)c1cc(F)cc(C(F)(F)F)c1. The highest BCUT2D eigenvalue weighted by Gasteiger charge is 2.31. The van der Waals surface area contributed by atoms with Crippen molar-refractivity contribution in [3.63, 3.8) is 0 Å². The van der Waals surface area contributed by atoms with Gasteiger partial charge >= 0.3 is 6.18 Å². The maximum Gasteiger partial charge on any atom is 0.416 e. The standard InChI is InChI=1S/C9H9F4NO/c10-7-2-5(8(15)4-14)1-6(3-7)9(11,12)13/h1-3,8,15H,4,14H2/t8-/m1/s1. The summed E-state index contributed by atoms with van der Waals surface area (Å²) in [7, 11) is 0. The number of benzene rings is 1. The van der Waals surface area contributed by atoms with E-state index >= 15 is 0 Å². The number of rotatable bonds is 2. The molecule has 0 aromatic heterocycles. The molecule has 84 valence electrons. The van der Waals surface area contributed by atoms with E-state index in [1.165, 1.54) is 0 Å². The zero-order valence-electron chi connectivity index (χ0n) is 7.55. The quantitative estimate of drug-likeness (QED) is 0.751. The van der Waals surface area contributed by atoms with E-state index in [-0.39, 0.29) is 12.1 Å². The smallest absolute Gasteiger partial charge is 0.387 e. The summed E-state index contributed by atoms with van der Waals surface area (Å²) in [5.74, 6) is -1.05. The Morgan fingerprint density at radius 2 is 1.87 bits per heavy atom. The zero-order valence-corrected chi connectivity index (χ0v) is 7.55. The molecule has 1 aromatic rings. The van der Waals surface area contributed by atoms with Gasteiger partial charge in [0.2, 0.25) is 0 Å². The molecule has 1 rings (SSSR count).